The van der Waals surface area contributed by atoms with E-state index in [1.165, 1.54) is 47.4 Å². The van der Waals surface area contributed by atoms with Crippen LogP contribution in [0, 0.1) is 6.92 Å². The normalized spacial score (nSPS) is 12.3. The fraction of sp³-hybridized carbons (Fsp3) is 0.211. The lowest BCUT2D eigenvalue weighted by Gasteiger charge is -2.11. The van der Waals surface area contributed by atoms with E-state index in [1.54, 1.807) is 6.92 Å². The molecule has 0 aliphatic carbocycles. The number of ether oxygens (including phenoxy) is 1. The predicted molar refractivity (Wildman–Crippen MR) is 111 cm³/mol. The van der Waals surface area contributed by atoms with E-state index in [1.807, 2.05) is 31.2 Å². The molecule has 0 aliphatic rings. The number of hydrogen-bond donors (Lipinski definition) is 2. The number of para-hydroxylation sites is 1. The molecule has 0 bridgehead atoms. The molecule has 30 heavy (non-hydrogen) atoms. The number of alkyl halides is 3. The Morgan fingerprint density at radius 3 is 2.50 bits per heavy atom. The number of carbonyl (C=O) groups excluding carboxylic acids is 1. The smallest absolute Gasteiger partial charge is 0.406 e. The number of thioether (sulfide) groups is 1. The van der Waals surface area contributed by atoms with Crippen molar-refractivity contribution in [3.63, 3.8) is 0 Å². The summed E-state index contributed by atoms with van der Waals surface area (Å²) in [5, 5.41) is 13.9. The molecule has 0 aliphatic heterocycles. The van der Waals surface area contributed by atoms with Gasteiger partial charge in [-0.3, -0.25) is 4.79 Å². The van der Waals surface area contributed by atoms with E-state index in [2.05, 4.69) is 25.6 Å². The summed E-state index contributed by atoms with van der Waals surface area (Å²) < 4.78 is 41.0. The van der Waals surface area contributed by atoms with Crippen molar-refractivity contribution in [1.82, 2.24) is 10.2 Å². The zero-order chi connectivity index (χ0) is 21.7. The highest BCUT2D eigenvalue weighted by Crippen LogP contribution is 2.32. The van der Waals surface area contributed by atoms with Crippen molar-refractivity contribution >= 4 is 45.5 Å². The SMILES string of the molecule is Cc1ccccc1NC(=O)C(C)Sc1nnc(Nc2ccc(OC(F)(F)F)cc2)s1. The van der Waals surface area contributed by atoms with Crippen LogP contribution in [0.4, 0.5) is 29.7 Å². The third kappa shape index (κ3) is 6.36. The Bertz CT molecular complexity index is 1010. The van der Waals surface area contributed by atoms with Gasteiger partial charge in [-0.05, 0) is 49.7 Å². The number of nitrogens with zero attached hydrogens (tertiary/aromatic N) is 2. The topological polar surface area (TPSA) is 76.1 Å². The largest absolute Gasteiger partial charge is 0.573 e. The molecule has 1 heterocycles. The molecular weight excluding hydrogens is 437 g/mol. The van der Waals surface area contributed by atoms with Crippen molar-refractivity contribution in [3.8, 4) is 5.75 Å². The lowest BCUT2D eigenvalue weighted by molar-refractivity contribution is -0.274. The average Bonchev–Trinajstić information content (AvgIpc) is 3.10. The number of anilines is 3. The minimum atomic E-state index is -4.73. The molecule has 2 aromatic carbocycles. The average molecular weight is 454 g/mol. The predicted octanol–water partition coefficient (Wildman–Crippen LogP) is 5.61. The first-order valence-corrected chi connectivity index (χ1v) is 10.4. The summed E-state index contributed by atoms with van der Waals surface area (Å²) in [6.45, 7) is 3.68. The van der Waals surface area contributed by atoms with E-state index in [0.717, 1.165) is 11.3 Å². The summed E-state index contributed by atoms with van der Waals surface area (Å²) in [6.07, 6.45) is -4.73. The quantitative estimate of drug-likeness (QED) is 0.452. The molecule has 1 amide bonds. The summed E-state index contributed by atoms with van der Waals surface area (Å²) in [6, 6.07) is 12.8. The summed E-state index contributed by atoms with van der Waals surface area (Å²) >= 11 is 2.50. The van der Waals surface area contributed by atoms with Gasteiger partial charge in [-0.15, -0.1) is 23.4 Å². The molecule has 6 nitrogen and oxygen atoms in total. The van der Waals surface area contributed by atoms with Crippen LogP contribution < -0.4 is 15.4 Å². The monoisotopic (exact) mass is 454 g/mol. The lowest BCUT2D eigenvalue weighted by Crippen LogP contribution is -2.22. The Hall–Kier alpha value is -2.79. The molecule has 11 heteroatoms. The van der Waals surface area contributed by atoms with Crippen molar-refractivity contribution in [2.75, 3.05) is 10.6 Å². The zero-order valence-corrected chi connectivity index (χ0v) is 17.5. The highest BCUT2D eigenvalue weighted by molar-refractivity contribution is 8.02. The maximum absolute atomic E-state index is 12.4. The maximum atomic E-state index is 12.4. The number of benzene rings is 2. The first kappa shape index (κ1) is 21.9. The van der Waals surface area contributed by atoms with Crippen LogP contribution in [0.2, 0.25) is 0 Å². The maximum Gasteiger partial charge on any atom is 0.573 e. The molecule has 1 aromatic heterocycles. The van der Waals surface area contributed by atoms with Crippen LogP contribution in [0.5, 0.6) is 5.75 Å². The molecular formula is C19H17F3N4O2S2. The van der Waals surface area contributed by atoms with Crippen LogP contribution in [-0.2, 0) is 4.79 Å². The van der Waals surface area contributed by atoms with E-state index in [4.69, 9.17) is 0 Å². The van der Waals surface area contributed by atoms with Crippen LogP contribution in [0.15, 0.2) is 52.9 Å². The van der Waals surface area contributed by atoms with Gasteiger partial charge in [0.25, 0.3) is 0 Å². The van der Waals surface area contributed by atoms with E-state index in [-0.39, 0.29) is 11.7 Å². The molecule has 2 N–H and O–H groups in total. The number of carbonyl (C=O) groups is 1. The Morgan fingerprint density at radius 1 is 1.13 bits per heavy atom. The first-order chi connectivity index (χ1) is 14.2. The first-order valence-electron chi connectivity index (χ1n) is 8.69. The Kier molecular flexibility index (Phi) is 6.83. The third-order valence-electron chi connectivity index (χ3n) is 3.80. The van der Waals surface area contributed by atoms with Crippen molar-refractivity contribution in [2.24, 2.45) is 0 Å². The van der Waals surface area contributed by atoms with Crippen LogP contribution in [-0.4, -0.2) is 27.7 Å². The van der Waals surface area contributed by atoms with Crippen LogP contribution in [0.3, 0.4) is 0 Å². The molecule has 0 saturated heterocycles. The summed E-state index contributed by atoms with van der Waals surface area (Å²) in [7, 11) is 0. The minimum Gasteiger partial charge on any atom is -0.406 e. The van der Waals surface area contributed by atoms with Gasteiger partial charge in [-0.2, -0.15) is 0 Å². The number of rotatable bonds is 7. The molecule has 0 saturated carbocycles. The van der Waals surface area contributed by atoms with Gasteiger partial charge >= 0.3 is 6.36 Å². The minimum absolute atomic E-state index is 0.153. The number of aromatic nitrogens is 2. The summed E-state index contributed by atoms with van der Waals surface area (Å²) in [5.74, 6) is -0.464. The van der Waals surface area contributed by atoms with Crippen LogP contribution in [0.25, 0.3) is 0 Å². The highest BCUT2D eigenvalue weighted by atomic mass is 32.2. The fourth-order valence-corrected chi connectivity index (χ4v) is 4.24. The van der Waals surface area contributed by atoms with Gasteiger partial charge in [0.15, 0.2) is 4.34 Å². The van der Waals surface area contributed by atoms with Gasteiger partial charge < -0.3 is 15.4 Å². The number of aryl methyl sites for hydroxylation is 1. The lowest BCUT2D eigenvalue weighted by atomic mass is 10.2. The molecule has 158 valence electrons. The van der Waals surface area contributed by atoms with Gasteiger partial charge in [0, 0.05) is 11.4 Å². The molecule has 0 spiro atoms. The van der Waals surface area contributed by atoms with E-state index < -0.39 is 11.6 Å². The third-order valence-corrected chi connectivity index (χ3v) is 5.82. The van der Waals surface area contributed by atoms with Crippen LogP contribution >= 0.6 is 23.1 Å². The summed E-state index contributed by atoms with van der Waals surface area (Å²) in [5.41, 5.74) is 2.26. The Balaban J connectivity index is 1.55. The van der Waals surface area contributed by atoms with Crippen molar-refractivity contribution < 1.29 is 22.7 Å². The molecule has 0 fully saturated rings. The van der Waals surface area contributed by atoms with Gasteiger partial charge in [-0.1, -0.05) is 41.3 Å². The van der Waals surface area contributed by atoms with Gasteiger partial charge in [-0.25, -0.2) is 0 Å². The zero-order valence-electron chi connectivity index (χ0n) is 15.9. The van der Waals surface area contributed by atoms with Crippen molar-refractivity contribution in [1.29, 1.82) is 0 Å². The number of amides is 1. The van der Waals surface area contributed by atoms with E-state index in [0.29, 0.717) is 15.2 Å². The molecule has 1 unspecified atom stereocenters. The molecule has 0 radical (unpaired) electrons. The van der Waals surface area contributed by atoms with E-state index in [9.17, 15) is 18.0 Å². The standard InChI is InChI=1S/C19H17F3N4O2S2/c1-11-5-3-4-6-15(11)24-16(27)12(2)29-18-26-25-17(30-18)23-13-7-9-14(10-8-13)28-19(20,21)22/h3-10,12H,1-2H3,(H,23,25)(H,24,27). The number of halogens is 3. The molecule has 1 atom stereocenters. The highest BCUT2D eigenvalue weighted by Gasteiger charge is 2.31. The van der Waals surface area contributed by atoms with E-state index >= 15 is 0 Å². The van der Waals surface area contributed by atoms with Gasteiger partial charge in [0.2, 0.25) is 11.0 Å². The number of hydrogen-bond acceptors (Lipinski definition) is 7. The van der Waals surface area contributed by atoms with Crippen LogP contribution in [0.1, 0.15) is 12.5 Å². The number of nitrogens with one attached hydrogen (secondary N) is 2. The second-order valence-electron chi connectivity index (χ2n) is 6.13. The second-order valence-corrected chi connectivity index (χ2v) is 8.70. The summed E-state index contributed by atoms with van der Waals surface area (Å²) in [4.78, 5) is 12.4. The van der Waals surface area contributed by atoms with Gasteiger partial charge in [0.1, 0.15) is 5.75 Å². The molecule has 3 aromatic rings. The fourth-order valence-electron chi connectivity index (χ4n) is 2.32. The van der Waals surface area contributed by atoms with Crippen molar-refractivity contribution in [3.05, 3.63) is 54.1 Å². The second kappa shape index (κ2) is 9.35. The Labute approximate surface area is 178 Å². The Morgan fingerprint density at radius 2 is 1.83 bits per heavy atom. The van der Waals surface area contributed by atoms with Gasteiger partial charge in [0.05, 0.1) is 5.25 Å². The van der Waals surface area contributed by atoms with Crippen molar-refractivity contribution in [2.45, 2.75) is 29.8 Å². The molecule has 3 rings (SSSR count).